The zero-order valence-electron chi connectivity index (χ0n) is 27.5. The van der Waals surface area contributed by atoms with Gasteiger partial charge in [-0.2, -0.15) is 0 Å². The number of carbonyl (C=O) groups excluding carboxylic acids is 3. The zero-order valence-corrected chi connectivity index (χ0v) is 28.4. The van der Waals surface area contributed by atoms with Gasteiger partial charge in [-0.05, 0) is 38.5 Å². The third-order valence-electron chi connectivity index (χ3n) is 6.30. The van der Waals surface area contributed by atoms with Crippen molar-refractivity contribution in [2.45, 2.75) is 81.7 Å². The first kappa shape index (κ1) is 44.0. The van der Waals surface area contributed by atoms with Gasteiger partial charge in [0.05, 0.1) is 12.7 Å². The number of nitrogens with two attached hydrogens (primary N) is 1. The molecule has 14 heteroatoms. The number of nitrogens with one attached hydrogen (secondary N) is 3. The molecule has 0 aliphatic rings. The molecule has 0 aromatic rings. The van der Waals surface area contributed by atoms with Crippen LogP contribution in [0.4, 0.5) is 0 Å². The minimum Gasteiger partial charge on any atom is -0.480 e. The van der Waals surface area contributed by atoms with E-state index in [1.165, 1.54) is 11.8 Å². The number of hydrogen-bond acceptors (Lipinski definition) is 9. The Balaban J connectivity index is 5.15. The molecule has 0 aromatic carbocycles. The summed E-state index contributed by atoms with van der Waals surface area (Å²) in [5.41, 5.74) is 5.46. The molecule has 13 nitrogen and oxygen atoms in total. The third kappa shape index (κ3) is 25.2. The smallest absolute Gasteiger partial charge is 0.322 e. The molecule has 268 valence electrons. The van der Waals surface area contributed by atoms with Crippen LogP contribution in [0, 0.1) is 0 Å². The van der Waals surface area contributed by atoms with Crippen molar-refractivity contribution in [3.63, 3.8) is 0 Å². The number of aliphatic hydroxyl groups excluding tert-OH is 2. The van der Waals surface area contributed by atoms with Crippen molar-refractivity contribution in [3.8, 4) is 0 Å². The van der Waals surface area contributed by atoms with Crippen LogP contribution in [0.5, 0.6) is 0 Å². The van der Waals surface area contributed by atoms with Crippen LogP contribution in [-0.4, -0.2) is 99.0 Å². The van der Waals surface area contributed by atoms with E-state index >= 15 is 0 Å². The van der Waals surface area contributed by atoms with Gasteiger partial charge in [-0.3, -0.25) is 24.0 Å². The highest BCUT2D eigenvalue weighted by Gasteiger charge is 2.25. The molecule has 3 amide bonds. The normalized spacial score (nSPS) is 14.7. The Kier molecular flexibility index (Phi) is 26.8. The summed E-state index contributed by atoms with van der Waals surface area (Å²) in [5.74, 6) is -3.92. The van der Waals surface area contributed by atoms with Gasteiger partial charge >= 0.3 is 11.9 Å². The van der Waals surface area contributed by atoms with Crippen molar-refractivity contribution in [1.29, 1.82) is 0 Å². The SMILES string of the molecule is CC/C=C\C[C@H](O)[C@@H](/C=C/C=C/C=C\C/C=C\C/C=C\CCC(=O)NCCO)SCC(NC(=O)CCC(N)C(=O)O)C(=O)NCC(=O)O. The van der Waals surface area contributed by atoms with E-state index < -0.39 is 53.7 Å². The molecule has 0 aliphatic carbocycles. The highest BCUT2D eigenvalue weighted by Crippen LogP contribution is 2.21. The number of rotatable bonds is 27. The second-order valence-electron chi connectivity index (χ2n) is 10.4. The van der Waals surface area contributed by atoms with Crippen molar-refractivity contribution in [2.24, 2.45) is 5.73 Å². The number of aliphatic hydroxyl groups is 2. The number of hydrogen-bond donors (Lipinski definition) is 8. The number of carboxylic acids is 2. The van der Waals surface area contributed by atoms with Crippen LogP contribution in [0.25, 0.3) is 0 Å². The van der Waals surface area contributed by atoms with E-state index in [0.29, 0.717) is 19.3 Å². The van der Waals surface area contributed by atoms with Gasteiger partial charge in [0.25, 0.3) is 0 Å². The molecule has 0 saturated carbocycles. The number of aliphatic carboxylic acids is 2. The first-order chi connectivity index (χ1) is 23.0. The van der Waals surface area contributed by atoms with Gasteiger partial charge in [-0.15, -0.1) is 11.8 Å². The fourth-order valence-corrected chi connectivity index (χ4v) is 4.89. The van der Waals surface area contributed by atoms with Crippen molar-refractivity contribution >= 4 is 41.4 Å². The summed E-state index contributed by atoms with van der Waals surface area (Å²) in [7, 11) is 0. The van der Waals surface area contributed by atoms with Gasteiger partial charge in [0, 0.05) is 30.4 Å². The molecule has 0 heterocycles. The van der Waals surface area contributed by atoms with E-state index in [-0.39, 0.29) is 37.7 Å². The molecule has 0 saturated heterocycles. The summed E-state index contributed by atoms with van der Waals surface area (Å²) in [6.45, 7) is 1.52. The molecule has 9 N–H and O–H groups in total. The van der Waals surface area contributed by atoms with Gasteiger partial charge in [0.1, 0.15) is 18.6 Å². The summed E-state index contributed by atoms with van der Waals surface area (Å²) in [5, 5.41) is 44.3. The Morgan fingerprint density at radius 2 is 1.52 bits per heavy atom. The van der Waals surface area contributed by atoms with Gasteiger partial charge < -0.3 is 42.1 Å². The standard InChI is InChI=1S/C34H52N4O9S/c1-2-3-14-17-28(40)29(18-15-12-10-8-6-4-5-7-9-11-13-16-19-30(41)36-22-23-39)48-25-27(33(45)37-24-32(43)44)38-31(42)21-20-26(35)34(46)47/h3,5-8,10-15,18,26-29,39-40H,2,4,9,16-17,19-25,35H2,1H3,(H,36,41)(H,37,45)(H,38,42)(H,43,44)(H,46,47)/b7-5-,8-6-,12-10+,13-11-,14-3-,18-15+/t26?,27?,28-,29+/m0/s1. The maximum absolute atomic E-state index is 12.7. The minimum atomic E-state index is -1.26. The van der Waals surface area contributed by atoms with Crippen LogP contribution in [0.1, 0.15) is 58.3 Å². The van der Waals surface area contributed by atoms with Crippen LogP contribution in [0.2, 0.25) is 0 Å². The van der Waals surface area contributed by atoms with Gasteiger partial charge in [-0.25, -0.2) is 0 Å². The topological polar surface area (TPSA) is 228 Å². The van der Waals surface area contributed by atoms with E-state index in [2.05, 4.69) is 16.0 Å². The average molecular weight is 693 g/mol. The maximum Gasteiger partial charge on any atom is 0.322 e. The third-order valence-corrected chi connectivity index (χ3v) is 7.68. The molecule has 4 atom stereocenters. The Hall–Kier alpha value is -3.98. The summed E-state index contributed by atoms with van der Waals surface area (Å²) < 4.78 is 0. The van der Waals surface area contributed by atoms with E-state index in [1.54, 1.807) is 18.2 Å². The highest BCUT2D eigenvalue weighted by atomic mass is 32.2. The Labute approximate surface area is 287 Å². The lowest BCUT2D eigenvalue weighted by Crippen LogP contribution is -2.50. The predicted molar refractivity (Wildman–Crippen MR) is 188 cm³/mol. The summed E-state index contributed by atoms with van der Waals surface area (Å²) >= 11 is 1.21. The molecule has 0 rings (SSSR count). The van der Waals surface area contributed by atoms with Crippen molar-refractivity contribution in [2.75, 3.05) is 25.4 Å². The lowest BCUT2D eigenvalue weighted by atomic mass is 10.1. The van der Waals surface area contributed by atoms with Crippen LogP contribution >= 0.6 is 11.8 Å². The van der Waals surface area contributed by atoms with E-state index in [9.17, 15) is 29.1 Å². The highest BCUT2D eigenvalue weighted by molar-refractivity contribution is 8.00. The van der Waals surface area contributed by atoms with Gasteiger partial charge in [0.15, 0.2) is 0 Å². The van der Waals surface area contributed by atoms with E-state index in [4.69, 9.17) is 21.1 Å². The minimum absolute atomic E-state index is 0.0107. The fraction of sp³-hybridized carbons (Fsp3) is 0.500. The monoisotopic (exact) mass is 692 g/mol. The van der Waals surface area contributed by atoms with Crippen molar-refractivity contribution in [3.05, 3.63) is 72.9 Å². The van der Waals surface area contributed by atoms with Crippen LogP contribution in [0.15, 0.2) is 72.9 Å². The predicted octanol–water partition coefficient (Wildman–Crippen LogP) is 2.13. The van der Waals surface area contributed by atoms with Crippen LogP contribution < -0.4 is 21.7 Å². The Morgan fingerprint density at radius 1 is 0.833 bits per heavy atom. The molecule has 0 aromatic heterocycles. The second-order valence-corrected chi connectivity index (χ2v) is 11.6. The number of amides is 3. The Bertz CT molecular complexity index is 1150. The van der Waals surface area contributed by atoms with Crippen molar-refractivity contribution < 1.29 is 44.4 Å². The fourth-order valence-electron chi connectivity index (χ4n) is 3.70. The lowest BCUT2D eigenvalue weighted by molar-refractivity contribution is -0.139. The maximum atomic E-state index is 12.7. The molecule has 0 aliphatic heterocycles. The van der Waals surface area contributed by atoms with Crippen molar-refractivity contribution in [1.82, 2.24) is 16.0 Å². The Morgan fingerprint density at radius 3 is 2.19 bits per heavy atom. The van der Waals surface area contributed by atoms with Crippen LogP contribution in [-0.2, 0) is 24.0 Å². The quantitative estimate of drug-likeness (QED) is 0.0459. The average Bonchev–Trinajstić information content (AvgIpc) is 3.05. The van der Waals surface area contributed by atoms with E-state index in [0.717, 1.165) is 19.3 Å². The second kappa shape index (κ2) is 29.2. The molecule has 0 spiro atoms. The largest absolute Gasteiger partial charge is 0.480 e. The number of carbonyl (C=O) groups is 5. The van der Waals surface area contributed by atoms with Gasteiger partial charge in [-0.1, -0.05) is 79.8 Å². The first-order valence-corrected chi connectivity index (χ1v) is 17.0. The first-order valence-electron chi connectivity index (χ1n) is 15.9. The summed E-state index contributed by atoms with van der Waals surface area (Å²) in [6, 6.07) is -2.38. The molecular weight excluding hydrogens is 640 g/mol. The number of thioether (sulfide) groups is 1. The van der Waals surface area contributed by atoms with Crippen LogP contribution in [0.3, 0.4) is 0 Å². The zero-order chi connectivity index (χ0) is 36.0. The summed E-state index contributed by atoms with van der Waals surface area (Å²) in [4.78, 5) is 58.5. The van der Waals surface area contributed by atoms with Gasteiger partial charge in [0.2, 0.25) is 17.7 Å². The summed E-state index contributed by atoms with van der Waals surface area (Å²) in [6.07, 6.45) is 25.3. The lowest BCUT2D eigenvalue weighted by Gasteiger charge is -2.23. The number of allylic oxidation sites excluding steroid dienone is 10. The molecule has 2 unspecified atom stereocenters. The van der Waals surface area contributed by atoms with E-state index in [1.807, 2.05) is 61.6 Å². The molecule has 48 heavy (non-hydrogen) atoms. The molecule has 0 bridgehead atoms. The molecular formula is C34H52N4O9S. The number of carboxylic acid groups (broad SMARTS) is 2. The molecule has 0 radical (unpaired) electrons. The molecule has 0 fully saturated rings.